The van der Waals surface area contributed by atoms with Crippen LogP contribution >= 0.6 is 0 Å². The smallest absolute Gasteiger partial charge is 0.143 e. The molecule has 0 amide bonds. The normalized spacial score (nSPS) is 14.4. The predicted molar refractivity (Wildman–Crippen MR) is 65.1 cm³/mol. The molecular formula is C12H20N2O3. The Bertz CT molecular complexity index is 342. The first-order valence-corrected chi connectivity index (χ1v) is 5.53. The molecule has 0 aliphatic rings. The van der Waals surface area contributed by atoms with E-state index in [4.69, 9.17) is 9.47 Å². The minimum Gasteiger partial charge on any atom is -0.495 e. The minimum atomic E-state index is -1.07. The van der Waals surface area contributed by atoms with Gasteiger partial charge in [0.2, 0.25) is 0 Å². The van der Waals surface area contributed by atoms with Crippen LogP contribution in [0.4, 0.5) is 0 Å². The molecule has 1 unspecified atom stereocenters. The van der Waals surface area contributed by atoms with Gasteiger partial charge in [-0.1, -0.05) is 0 Å². The van der Waals surface area contributed by atoms with Gasteiger partial charge in [0.25, 0.3) is 0 Å². The van der Waals surface area contributed by atoms with Crippen molar-refractivity contribution in [1.82, 2.24) is 10.3 Å². The maximum Gasteiger partial charge on any atom is 0.143 e. The van der Waals surface area contributed by atoms with Crippen LogP contribution in [0.1, 0.15) is 12.6 Å². The maximum absolute atomic E-state index is 10.4. The third kappa shape index (κ3) is 3.96. The maximum atomic E-state index is 10.4. The summed E-state index contributed by atoms with van der Waals surface area (Å²) in [5.74, 6) is 0.589. The molecular weight excluding hydrogens is 220 g/mol. The van der Waals surface area contributed by atoms with Crippen molar-refractivity contribution in [3.8, 4) is 5.75 Å². The summed E-state index contributed by atoms with van der Waals surface area (Å²) in [6, 6.07) is 3.56. The Morgan fingerprint density at radius 1 is 1.47 bits per heavy atom. The highest BCUT2D eigenvalue weighted by Gasteiger charge is 2.27. The number of nitrogens with one attached hydrogen (secondary N) is 1. The van der Waals surface area contributed by atoms with Crippen molar-refractivity contribution in [2.24, 2.45) is 0 Å². The molecule has 0 aliphatic heterocycles. The lowest BCUT2D eigenvalue weighted by Crippen LogP contribution is -2.37. The predicted octanol–water partition coefficient (Wildman–Crippen LogP) is 0.534. The molecule has 0 fully saturated rings. The van der Waals surface area contributed by atoms with Gasteiger partial charge in [-0.15, -0.1) is 0 Å². The van der Waals surface area contributed by atoms with Gasteiger partial charge in [-0.3, -0.25) is 4.98 Å². The standard InChI is InChI=1S/C12H20N2O3/c1-12(15,9-13-7-8-16-2)11-10(17-3)5-4-6-14-11/h4-6,13,15H,7-9H2,1-3H3. The van der Waals surface area contributed by atoms with Crippen molar-refractivity contribution in [3.63, 3.8) is 0 Å². The zero-order valence-electron chi connectivity index (χ0n) is 10.6. The largest absolute Gasteiger partial charge is 0.495 e. The fourth-order valence-electron chi connectivity index (χ4n) is 1.55. The Kier molecular flexibility index (Phi) is 5.34. The zero-order valence-corrected chi connectivity index (χ0v) is 10.6. The molecule has 0 aliphatic carbocycles. The van der Waals surface area contributed by atoms with Crippen molar-refractivity contribution >= 4 is 0 Å². The summed E-state index contributed by atoms with van der Waals surface area (Å²) in [5, 5.41) is 13.5. The van der Waals surface area contributed by atoms with Crippen LogP contribution in [0.3, 0.4) is 0 Å². The van der Waals surface area contributed by atoms with Crippen molar-refractivity contribution in [1.29, 1.82) is 0 Å². The van der Waals surface area contributed by atoms with E-state index in [1.807, 2.05) is 0 Å². The molecule has 2 N–H and O–H groups in total. The lowest BCUT2D eigenvalue weighted by Gasteiger charge is -2.24. The molecule has 5 nitrogen and oxygen atoms in total. The van der Waals surface area contributed by atoms with Gasteiger partial charge in [0.05, 0.1) is 13.7 Å². The first-order chi connectivity index (χ1) is 8.11. The Morgan fingerprint density at radius 2 is 2.24 bits per heavy atom. The number of hydrogen-bond acceptors (Lipinski definition) is 5. The fraction of sp³-hybridized carbons (Fsp3) is 0.583. The highest BCUT2D eigenvalue weighted by Crippen LogP contribution is 2.26. The fourth-order valence-corrected chi connectivity index (χ4v) is 1.55. The van der Waals surface area contributed by atoms with Crippen LogP contribution in [0.15, 0.2) is 18.3 Å². The van der Waals surface area contributed by atoms with Gasteiger partial charge >= 0.3 is 0 Å². The van der Waals surface area contributed by atoms with Crippen molar-refractivity contribution < 1.29 is 14.6 Å². The van der Waals surface area contributed by atoms with Crippen LogP contribution in [0.5, 0.6) is 5.75 Å². The first-order valence-electron chi connectivity index (χ1n) is 5.53. The molecule has 0 bridgehead atoms. The summed E-state index contributed by atoms with van der Waals surface area (Å²) in [7, 11) is 3.20. The number of pyridine rings is 1. The summed E-state index contributed by atoms with van der Waals surface area (Å²) in [6.07, 6.45) is 1.64. The SMILES string of the molecule is COCCNCC(C)(O)c1ncccc1OC. The Labute approximate surface area is 102 Å². The highest BCUT2D eigenvalue weighted by atomic mass is 16.5. The van der Waals surface area contributed by atoms with Crippen LogP contribution < -0.4 is 10.1 Å². The molecule has 0 aromatic carbocycles. The summed E-state index contributed by atoms with van der Waals surface area (Å²) in [6.45, 7) is 3.39. The van der Waals surface area contributed by atoms with Gasteiger partial charge in [-0.05, 0) is 19.1 Å². The molecule has 17 heavy (non-hydrogen) atoms. The topological polar surface area (TPSA) is 63.6 Å². The van der Waals surface area contributed by atoms with E-state index in [1.54, 1.807) is 39.5 Å². The van der Waals surface area contributed by atoms with Crippen molar-refractivity contribution in [2.45, 2.75) is 12.5 Å². The molecule has 0 radical (unpaired) electrons. The molecule has 1 aromatic rings. The number of hydrogen-bond donors (Lipinski definition) is 2. The summed E-state index contributed by atoms with van der Waals surface area (Å²) in [4.78, 5) is 4.17. The number of ether oxygens (including phenoxy) is 2. The number of aliphatic hydroxyl groups is 1. The zero-order chi connectivity index (χ0) is 12.7. The molecule has 1 aromatic heterocycles. The minimum absolute atomic E-state index is 0.393. The number of aromatic nitrogens is 1. The van der Waals surface area contributed by atoms with Crippen LogP contribution in [0.2, 0.25) is 0 Å². The van der Waals surface area contributed by atoms with Gasteiger partial charge in [0.15, 0.2) is 0 Å². The van der Waals surface area contributed by atoms with Crippen LogP contribution in [0.25, 0.3) is 0 Å². The number of methoxy groups -OCH3 is 2. The second-order valence-electron chi connectivity index (χ2n) is 4.00. The Hall–Kier alpha value is -1.17. The molecule has 0 saturated heterocycles. The average Bonchev–Trinajstić information content (AvgIpc) is 2.34. The van der Waals surface area contributed by atoms with E-state index in [0.29, 0.717) is 31.1 Å². The molecule has 1 rings (SSSR count). The number of nitrogens with zero attached hydrogens (tertiary/aromatic N) is 1. The van der Waals surface area contributed by atoms with Crippen LogP contribution in [-0.2, 0) is 10.3 Å². The lowest BCUT2D eigenvalue weighted by molar-refractivity contribution is 0.0479. The molecule has 96 valence electrons. The Morgan fingerprint density at radius 3 is 2.88 bits per heavy atom. The van der Waals surface area contributed by atoms with Gasteiger partial charge in [0.1, 0.15) is 17.0 Å². The number of rotatable bonds is 7. The quantitative estimate of drug-likeness (QED) is 0.681. The van der Waals surface area contributed by atoms with Gasteiger partial charge in [-0.2, -0.15) is 0 Å². The summed E-state index contributed by atoms with van der Waals surface area (Å²) >= 11 is 0. The second-order valence-corrected chi connectivity index (χ2v) is 4.00. The Balaban J connectivity index is 2.67. The van der Waals surface area contributed by atoms with Crippen LogP contribution in [0, 0.1) is 0 Å². The highest BCUT2D eigenvalue weighted by molar-refractivity contribution is 5.31. The monoisotopic (exact) mass is 240 g/mol. The van der Waals surface area contributed by atoms with Crippen molar-refractivity contribution in [3.05, 3.63) is 24.0 Å². The van der Waals surface area contributed by atoms with E-state index in [2.05, 4.69) is 10.3 Å². The molecule has 0 saturated carbocycles. The summed E-state index contributed by atoms with van der Waals surface area (Å²) < 4.78 is 10.1. The first kappa shape index (κ1) is 13.9. The molecule has 5 heteroatoms. The van der Waals surface area contributed by atoms with Crippen LogP contribution in [-0.4, -0.2) is 44.0 Å². The third-order valence-corrected chi connectivity index (χ3v) is 2.45. The van der Waals surface area contributed by atoms with E-state index < -0.39 is 5.60 Å². The summed E-state index contributed by atoms with van der Waals surface area (Å²) in [5.41, 5.74) is -0.534. The molecule has 1 atom stereocenters. The third-order valence-electron chi connectivity index (χ3n) is 2.45. The van der Waals surface area contributed by atoms with Gasteiger partial charge in [0, 0.05) is 26.4 Å². The van der Waals surface area contributed by atoms with Gasteiger partial charge < -0.3 is 19.9 Å². The second kappa shape index (κ2) is 6.54. The van der Waals surface area contributed by atoms with Gasteiger partial charge in [-0.25, -0.2) is 0 Å². The van der Waals surface area contributed by atoms with Crippen molar-refractivity contribution in [2.75, 3.05) is 33.9 Å². The van der Waals surface area contributed by atoms with E-state index in [9.17, 15) is 5.11 Å². The van der Waals surface area contributed by atoms with E-state index >= 15 is 0 Å². The van der Waals surface area contributed by atoms with E-state index in [1.165, 1.54) is 0 Å². The van der Waals surface area contributed by atoms with E-state index in [0.717, 1.165) is 0 Å². The van der Waals surface area contributed by atoms with E-state index in [-0.39, 0.29) is 0 Å². The molecule has 1 heterocycles. The molecule has 0 spiro atoms. The lowest BCUT2D eigenvalue weighted by atomic mass is 10.0. The average molecular weight is 240 g/mol.